The van der Waals surface area contributed by atoms with Gasteiger partial charge >= 0.3 is 0 Å². The Hall–Kier alpha value is -0.830. The highest BCUT2D eigenvalue weighted by atomic mass is 32.2. The number of aliphatic imine (C=N–C) groups is 1. The zero-order chi connectivity index (χ0) is 19.2. The van der Waals surface area contributed by atoms with E-state index in [4.69, 9.17) is 14.2 Å². The Balaban J connectivity index is 1.32. The van der Waals surface area contributed by atoms with Crippen LogP contribution in [0.3, 0.4) is 0 Å². The van der Waals surface area contributed by atoms with Crippen molar-refractivity contribution >= 4 is 24.0 Å². The third-order valence-corrected chi connectivity index (χ3v) is 6.12. The molecule has 0 aliphatic carbocycles. The first kappa shape index (κ1) is 22.5. The molecule has 0 aromatic carbocycles. The molecule has 0 bridgehead atoms. The van der Waals surface area contributed by atoms with Gasteiger partial charge in [-0.25, -0.2) is 0 Å². The smallest absolute Gasteiger partial charge is 0.220 e. The average Bonchev–Trinajstić information content (AvgIpc) is 3.28. The molecule has 1 fully saturated rings. The molecule has 2 aliphatic heterocycles. The first-order valence-electron chi connectivity index (χ1n) is 10.2. The first-order valence-corrected chi connectivity index (χ1v) is 11.3. The lowest BCUT2D eigenvalue weighted by Crippen LogP contribution is -2.32. The van der Waals surface area contributed by atoms with Crippen LogP contribution in [0, 0.1) is 0 Å². The Bertz CT molecular complexity index is 439. The maximum atomic E-state index is 11.8. The van der Waals surface area contributed by atoms with Crippen molar-refractivity contribution in [2.24, 2.45) is 4.99 Å². The molecular formula is C19H35N3O4S. The summed E-state index contributed by atoms with van der Waals surface area (Å²) in [6, 6.07) is 0.969. The minimum Gasteiger partial charge on any atom is -0.379 e. The molecule has 2 N–H and O–H groups in total. The van der Waals surface area contributed by atoms with Gasteiger partial charge in [-0.1, -0.05) is 13.3 Å². The number of nitrogens with zero attached hydrogens (tertiary/aromatic N) is 1. The van der Waals surface area contributed by atoms with Gasteiger partial charge in [-0.3, -0.25) is 9.79 Å². The molecule has 2 aliphatic rings. The Kier molecular flexibility index (Phi) is 11.8. The van der Waals surface area contributed by atoms with Gasteiger partial charge in [0, 0.05) is 30.6 Å². The van der Waals surface area contributed by atoms with E-state index >= 15 is 0 Å². The molecule has 2 rings (SSSR count). The zero-order valence-corrected chi connectivity index (χ0v) is 17.3. The van der Waals surface area contributed by atoms with Crippen molar-refractivity contribution in [2.75, 3.05) is 51.9 Å². The van der Waals surface area contributed by atoms with Crippen LogP contribution in [-0.2, 0) is 19.0 Å². The first-order chi connectivity index (χ1) is 13.3. The summed E-state index contributed by atoms with van der Waals surface area (Å²) >= 11 is 2.01. The topological polar surface area (TPSA) is 81.2 Å². The lowest BCUT2D eigenvalue weighted by Gasteiger charge is -2.14. The average molecular weight is 402 g/mol. The third-order valence-electron chi connectivity index (χ3n) is 4.62. The number of hydrogen-bond donors (Lipinski definition) is 2. The number of unbranched alkanes of at least 4 members (excludes halogenated alkanes) is 1. The van der Waals surface area contributed by atoms with Gasteiger partial charge in [-0.2, -0.15) is 11.8 Å². The molecule has 3 atom stereocenters. The molecule has 7 nitrogen and oxygen atoms in total. The lowest BCUT2D eigenvalue weighted by molar-refractivity contribution is -0.121. The number of fused-ring (bicyclic) bond motifs is 1. The summed E-state index contributed by atoms with van der Waals surface area (Å²) in [5, 5.41) is 6.83. The second-order valence-corrected chi connectivity index (χ2v) is 8.12. The van der Waals surface area contributed by atoms with Crippen molar-refractivity contribution in [1.29, 1.82) is 0 Å². The summed E-state index contributed by atoms with van der Waals surface area (Å²) in [5.74, 6) is 1.26. The fraction of sp³-hybridized carbons (Fsp3) is 0.895. The van der Waals surface area contributed by atoms with Crippen LogP contribution in [0.2, 0.25) is 0 Å². The van der Waals surface area contributed by atoms with Gasteiger partial charge in [0.1, 0.15) is 0 Å². The van der Waals surface area contributed by atoms with Gasteiger partial charge in [0.15, 0.2) is 0 Å². The molecule has 1 amide bonds. The molecule has 0 aromatic rings. The van der Waals surface area contributed by atoms with E-state index < -0.39 is 0 Å². The summed E-state index contributed by atoms with van der Waals surface area (Å²) in [5.41, 5.74) is 0. The van der Waals surface area contributed by atoms with Gasteiger partial charge in [0.2, 0.25) is 5.91 Å². The molecule has 1 saturated heterocycles. The molecule has 0 radical (unpaired) electrons. The Labute approximate surface area is 167 Å². The lowest BCUT2D eigenvalue weighted by atomic mass is 10.0. The largest absolute Gasteiger partial charge is 0.379 e. The van der Waals surface area contributed by atoms with Crippen LogP contribution in [0.25, 0.3) is 0 Å². The maximum absolute atomic E-state index is 11.8. The Morgan fingerprint density at radius 1 is 1.15 bits per heavy atom. The van der Waals surface area contributed by atoms with Crippen LogP contribution >= 0.6 is 11.8 Å². The minimum absolute atomic E-state index is 0.112. The van der Waals surface area contributed by atoms with Crippen LogP contribution in [-0.4, -0.2) is 81.5 Å². The molecule has 3 unspecified atom stereocenters. The van der Waals surface area contributed by atoms with Crippen LogP contribution in [0.4, 0.5) is 0 Å². The number of thioether (sulfide) groups is 1. The van der Waals surface area contributed by atoms with Crippen molar-refractivity contribution in [3.8, 4) is 0 Å². The number of carbonyl (C=O) groups excluding carboxylic acids is 1. The van der Waals surface area contributed by atoms with Gasteiger partial charge in [0.25, 0.3) is 0 Å². The minimum atomic E-state index is 0.112. The van der Waals surface area contributed by atoms with Gasteiger partial charge in [-0.15, -0.1) is 0 Å². The molecule has 0 spiro atoms. The van der Waals surface area contributed by atoms with Crippen molar-refractivity contribution in [3.05, 3.63) is 0 Å². The van der Waals surface area contributed by atoms with Gasteiger partial charge < -0.3 is 24.8 Å². The molecule has 0 aromatic heterocycles. The molecule has 8 heteroatoms. The normalized spacial score (nSPS) is 23.4. The molecule has 2 heterocycles. The summed E-state index contributed by atoms with van der Waals surface area (Å²) in [4.78, 5) is 16.4. The molecule has 156 valence electrons. The molecular weight excluding hydrogens is 366 g/mol. The third kappa shape index (κ3) is 9.27. The van der Waals surface area contributed by atoms with Crippen molar-refractivity contribution < 1.29 is 19.0 Å². The van der Waals surface area contributed by atoms with Crippen LogP contribution in [0.15, 0.2) is 4.99 Å². The highest BCUT2D eigenvalue weighted by Gasteiger charge is 2.37. The monoisotopic (exact) mass is 401 g/mol. The molecule has 27 heavy (non-hydrogen) atoms. The van der Waals surface area contributed by atoms with E-state index in [1.165, 1.54) is 0 Å². The predicted molar refractivity (Wildman–Crippen MR) is 110 cm³/mol. The summed E-state index contributed by atoms with van der Waals surface area (Å²) in [6.45, 7) is 6.28. The quantitative estimate of drug-likeness (QED) is 0.383. The summed E-state index contributed by atoms with van der Waals surface area (Å²) in [6.07, 6.45) is 6.64. The van der Waals surface area contributed by atoms with E-state index in [-0.39, 0.29) is 5.91 Å². The van der Waals surface area contributed by atoms with E-state index in [2.05, 4.69) is 22.5 Å². The number of ether oxygens (including phenoxy) is 3. The maximum Gasteiger partial charge on any atom is 0.220 e. The highest BCUT2D eigenvalue weighted by molar-refractivity contribution is 8.00. The summed E-state index contributed by atoms with van der Waals surface area (Å²) < 4.78 is 16.2. The van der Waals surface area contributed by atoms with E-state index in [1.807, 2.05) is 18.1 Å². The number of amides is 1. The fourth-order valence-electron chi connectivity index (χ4n) is 3.18. The van der Waals surface area contributed by atoms with E-state index in [0.29, 0.717) is 63.3 Å². The summed E-state index contributed by atoms with van der Waals surface area (Å²) in [7, 11) is 0. The Morgan fingerprint density at radius 3 is 2.67 bits per heavy atom. The standard InChI is InChI=1S/C19H35N3O4S/c1-2-8-24-10-12-26-13-11-25-9-7-20-18(23)6-4-3-5-17-19-16(14-27-17)21-15-22-19/h15-17,19H,2-14H2,1H3,(H,20,23)(H,21,22). The predicted octanol–water partition coefficient (Wildman–Crippen LogP) is 1.61. The Morgan fingerprint density at radius 2 is 1.89 bits per heavy atom. The second-order valence-electron chi connectivity index (χ2n) is 6.85. The molecule has 0 saturated carbocycles. The number of rotatable bonds is 16. The number of nitrogens with one attached hydrogen (secondary N) is 2. The van der Waals surface area contributed by atoms with E-state index in [9.17, 15) is 4.79 Å². The number of carbonyl (C=O) groups is 1. The number of hydrogen-bond acceptors (Lipinski definition) is 7. The van der Waals surface area contributed by atoms with Crippen LogP contribution in [0.1, 0.15) is 39.0 Å². The zero-order valence-electron chi connectivity index (χ0n) is 16.5. The van der Waals surface area contributed by atoms with Crippen LogP contribution in [0.5, 0.6) is 0 Å². The van der Waals surface area contributed by atoms with Crippen molar-refractivity contribution in [1.82, 2.24) is 10.6 Å². The van der Waals surface area contributed by atoms with E-state index in [1.54, 1.807) is 0 Å². The van der Waals surface area contributed by atoms with Gasteiger partial charge in [0.05, 0.1) is 51.5 Å². The van der Waals surface area contributed by atoms with Crippen molar-refractivity contribution in [3.63, 3.8) is 0 Å². The fourth-order valence-corrected chi connectivity index (χ4v) is 4.72. The SMILES string of the molecule is CCCOCCOCCOCCNC(=O)CCCCC1SCC2NC=NC21. The van der Waals surface area contributed by atoms with Crippen molar-refractivity contribution in [2.45, 2.75) is 56.4 Å². The van der Waals surface area contributed by atoms with Crippen LogP contribution < -0.4 is 10.6 Å². The van der Waals surface area contributed by atoms with E-state index in [0.717, 1.165) is 38.0 Å². The van der Waals surface area contributed by atoms with Gasteiger partial charge in [-0.05, 0) is 19.3 Å². The second kappa shape index (κ2) is 14.2. The highest BCUT2D eigenvalue weighted by Crippen LogP contribution is 2.34.